The van der Waals surface area contributed by atoms with E-state index in [-0.39, 0.29) is 0 Å². The molecular weight excluding hydrogens is 190 g/mol. The summed E-state index contributed by atoms with van der Waals surface area (Å²) in [5.74, 6) is 0.599. The van der Waals surface area contributed by atoms with Gasteiger partial charge in [-0.05, 0) is 45.7 Å². The van der Waals surface area contributed by atoms with E-state index >= 15 is 0 Å². The Morgan fingerprint density at radius 1 is 1.13 bits per heavy atom. The lowest BCUT2D eigenvalue weighted by Crippen LogP contribution is -2.24. The number of methoxy groups -OCH3 is 1. The van der Waals surface area contributed by atoms with Crippen molar-refractivity contribution in [3.63, 3.8) is 0 Å². The second-order valence-electron chi connectivity index (χ2n) is 4.39. The van der Waals surface area contributed by atoms with Gasteiger partial charge >= 0.3 is 0 Å². The zero-order chi connectivity index (χ0) is 11.5. The highest BCUT2D eigenvalue weighted by atomic mass is 16.5. The molecule has 0 aliphatic heterocycles. The fraction of sp³-hybridized carbons (Fsp3) is 1.00. The van der Waals surface area contributed by atoms with E-state index in [2.05, 4.69) is 26.1 Å². The maximum atomic E-state index is 5.46. The Hall–Kier alpha value is -0.120. The molecule has 0 aromatic rings. The van der Waals surface area contributed by atoms with Crippen molar-refractivity contribution < 1.29 is 9.47 Å². The first-order valence-corrected chi connectivity index (χ1v) is 5.98. The molecule has 3 nitrogen and oxygen atoms in total. The van der Waals surface area contributed by atoms with Crippen molar-refractivity contribution in [1.82, 2.24) is 5.32 Å². The summed E-state index contributed by atoms with van der Waals surface area (Å²) >= 11 is 0. The van der Waals surface area contributed by atoms with Gasteiger partial charge in [0.25, 0.3) is 0 Å². The van der Waals surface area contributed by atoms with Crippen molar-refractivity contribution in [3.05, 3.63) is 0 Å². The van der Waals surface area contributed by atoms with Crippen LogP contribution in [0.1, 0.15) is 33.6 Å². The fourth-order valence-corrected chi connectivity index (χ4v) is 1.36. The Kier molecular flexibility index (Phi) is 10.3. The van der Waals surface area contributed by atoms with Crippen LogP contribution in [0.5, 0.6) is 0 Å². The fourth-order valence-electron chi connectivity index (χ4n) is 1.36. The lowest BCUT2D eigenvalue weighted by Gasteiger charge is -2.11. The van der Waals surface area contributed by atoms with Gasteiger partial charge in [0.2, 0.25) is 0 Å². The monoisotopic (exact) mass is 217 g/mol. The summed E-state index contributed by atoms with van der Waals surface area (Å²) < 4.78 is 10.5. The van der Waals surface area contributed by atoms with Gasteiger partial charge in [-0.2, -0.15) is 0 Å². The summed E-state index contributed by atoms with van der Waals surface area (Å²) in [6.07, 6.45) is 2.69. The van der Waals surface area contributed by atoms with E-state index in [1.165, 1.54) is 6.42 Å². The largest absolute Gasteiger partial charge is 0.384 e. The van der Waals surface area contributed by atoms with Gasteiger partial charge in [0.1, 0.15) is 0 Å². The van der Waals surface area contributed by atoms with Crippen molar-refractivity contribution in [2.24, 2.45) is 5.92 Å². The van der Waals surface area contributed by atoms with Crippen LogP contribution in [-0.4, -0.2) is 39.5 Å². The van der Waals surface area contributed by atoms with E-state index in [1.54, 1.807) is 7.11 Å². The van der Waals surface area contributed by atoms with Gasteiger partial charge in [0.05, 0.1) is 6.10 Å². The average Bonchev–Trinajstić information content (AvgIpc) is 2.16. The number of hydrogen-bond donors (Lipinski definition) is 1. The second kappa shape index (κ2) is 10.4. The Morgan fingerprint density at radius 3 is 2.47 bits per heavy atom. The van der Waals surface area contributed by atoms with E-state index in [9.17, 15) is 0 Å². The van der Waals surface area contributed by atoms with Gasteiger partial charge in [0.15, 0.2) is 0 Å². The van der Waals surface area contributed by atoms with Crippen LogP contribution in [0.25, 0.3) is 0 Å². The molecular formula is C12H27NO2. The lowest BCUT2D eigenvalue weighted by molar-refractivity contribution is 0.0759. The van der Waals surface area contributed by atoms with Gasteiger partial charge in [-0.25, -0.2) is 0 Å². The van der Waals surface area contributed by atoms with E-state index in [4.69, 9.17) is 9.47 Å². The quantitative estimate of drug-likeness (QED) is 0.568. The molecule has 15 heavy (non-hydrogen) atoms. The second-order valence-corrected chi connectivity index (χ2v) is 4.39. The zero-order valence-corrected chi connectivity index (χ0v) is 10.7. The highest BCUT2D eigenvalue weighted by Crippen LogP contribution is 1.95. The van der Waals surface area contributed by atoms with Crippen LogP contribution in [0.2, 0.25) is 0 Å². The standard InChI is InChI=1S/C12H27NO2/c1-11(2)15-8-6-5-7-13-9-12(3)10-14-4/h11-13H,5-10H2,1-4H3. The molecule has 0 fully saturated rings. The Labute approximate surface area is 94.5 Å². The molecule has 0 saturated heterocycles. The van der Waals surface area contributed by atoms with Gasteiger partial charge in [-0.1, -0.05) is 6.92 Å². The summed E-state index contributed by atoms with van der Waals surface area (Å²) in [5, 5.41) is 3.42. The molecule has 0 amide bonds. The van der Waals surface area contributed by atoms with E-state index in [0.717, 1.165) is 32.7 Å². The van der Waals surface area contributed by atoms with Crippen molar-refractivity contribution in [3.8, 4) is 0 Å². The minimum atomic E-state index is 0.361. The van der Waals surface area contributed by atoms with E-state index in [0.29, 0.717) is 12.0 Å². The first-order valence-electron chi connectivity index (χ1n) is 5.98. The van der Waals surface area contributed by atoms with Gasteiger partial charge in [-0.15, -0.1) is 0 Å². The number of hydrogen-bond acceptors (Lipinski definition) is 3. The molecule has 0 radical (unpaired) electrons. The average molecular weight is 217 g/mol. The Morgan fingerprint density at radius 2 is 1.87 bits per heavy atom. The molecule has 0 aromatic carbocycles. The number of unbranched alkanes of at least 4 members (excludes halogenated alkanes) is 1. The zero-order valence-electron chi connectivity index (χ0n) is 10.7. The highest BCUT2D eigenvalue weighted by molar-refractivity contribution is 4.55. The molecule has 0 spiro atoms. The minimum absolute atomic E-state index is 0.361. The summed E-state index contributed by atoms with van der Waals surface area (Å²) in [7, 11) is 1.75. The summed E-state index contributed by atoms with van der Waals surface area (Å²) in [6.45, 7) is 10.2. The number of ether oxygens (including phenoxy) is 2. The number of nitrogens with one attached hydrogen (secondary N) is 1. The molecule has 3 heteroatoms. The van der Waals surface area contributed by atoms with Crippen LogP contribution in [0.3, 0.4) is 0 Å². The van der Waals surface area contributed by atoms with Crippen LogP contribution in [0, 0.1) is 5.92 Å². The lowest BCUT2D eigenvalue weighted by atomic mass is 10.2. The van der Waals surface area contributed by atoms with Crippen LogP contribution >= 0.6 is 0 Å². The Bertz CT molecular complexity index is 129. The molecule has 1 unspecified atom stereocenters. The summed E-state index contributed by atoms with van der Waals surface area (Å²) in [6, 6.07) is 0. The molecule has 0 aliphatic carbocycles. The maximum Gasteiger partial charge on any atom is 0.0518 e. The normalized spacial score (nSPS) is 13.4. The highest BCUT2D eigenvalue weighted by Gasteiger charge is 1.99. The maximum absolute atomic E-state index is 5.46. The molecule has 0 rings (SSSR count). The third-order valence-electron chi connectivity index (χ3n) is 2.14. The van der Waals surface area contributed by atoms with Crippen LogP contribution < -0.4 is 5.32 Å². The molecule has 1 N–H and O–H groups in total. The van der Waals surface area contributed by atoms with Crippen LogP contribution in [0.4, 0.5) is 0 Å². The molecule has 92 valence electrons. The topological polar surface area (TPSA) is 30.5 Å². The molecule has 0 aliphatic rings. The smallest absolute Gasteiger partial charge is 0.0518 e. The molecule has 0 aromatic heterocycles. The van der Waals surface area contributed by atoms with Gasteiger partial charge in [-0.3, -0.25) is 0 Å². The first kappa shape index (κ1) is 14.9. The van der Waals surface area contributed by atoms with Gasteiger partial charge < -0.3 is 14.8 Å². The third-order valence-corrected chi connectivity index (χ3v) is 2.14. The molecule has 1 atom stereocenters. The third kappa shape index (κ3) is 11.8. The Balaban J connectivity index is 3.04. The van der Waals surface area contributed by atoms with Crippen LogP contribution in [0.15, 0.2) is 0 Å². The van der Waals surface area contributed by atoms with Crippen molar-refractivity contribution in [2.45, 2.75) is 39.7 Å². The van der Waals surface area contributed by atoms with Crippen molar-refractivity contribution >= 4 is 0 Å². The molecule has 0 bridgehead atoms. The first-order chi connectivity index (χ1) is 7.16. The summed E-state index contributed by atoms with van der Waals surface area (Å²) in [5.41, 5.74) is 0. The molecule has 0 heterocycles. The predicted molar refractivity (Wildman–Crippen MR) is 64.2 cm³/mol. The van der Waals surface area contributed by atoms with E-state index in [1.807, 2.05) is 0 Å². The van der Waals surface area contributed by atoms with Crippen molar-refractivity contribution in [1.29, 1.82) is 0 Å². The van der Waals surface area contributed by atoms with E-state index < -0.39 is 0 Å². The van der Waals surface area contributed by atoms with Crippen molar-refractivity contribution in [2.75, 3.05) is 33.4 Å². The number of rotatable bonds is 10. The predicted octanol–water partition coefficient (Wildman–Crippen LogP) is 2.06. The van der Waals surface area contributed by atoms with Crippen LogP contribution in [-0.2, 0) is 9.47 Å². The SMILES string of the molecule is COCC(C)CNCCCCOC(C)C. The summed E-state index contributed by atoms with van der Waals surface area (Å²) in [4.78, 5) is 0. The molecule has 0 saturated carbocycles. The van der Waals surface area contributed by atoms with Gasteiger partial charge in [0, 0.05) is 20.3 Å². The minimum Gasteiger partial charge on any atom is -0.384 e.